The molecule has 1 aromatic rings. The number of hydrogen-bond acceptors (Lipinski definition) is 3. The van der Waals surface area contributed by atoms with E-state index in [0.717, 1.165) is 34.1 Å². The van der Waals surface area contributed by atoms with Crippen molar-refractivity contribution in [2.75, 3.05) is 19.9 Å². The SMILES string of the molecule is CNC(CCS)c1cc(Cl)cc(C)c1OC. The highest BCUT2D eigenvalue weighted by Crippen LogP contribution is 2.33. The van der Waals surface area contributed by atoms with E-state index >= 15 is 0 Å². The van der Waals surface area contributed by atoms with E-state index in [-0.39, 0.29) is 6.04 Å². The molecule has 0 aliphatic heterocycles. The predicted molar refractivity (Wildman–Crippen MR) is 73.0 cm³/mol. The van der Waals surface area contributed by atoms with Gasteiger partial charge in [-0.15, -0.1) is 0 Å². The van der Waals surface area contributed by atoms with Crippen LogP contribution in [0.15, 0.2) is 12.1 Å². The summed E-state index contributed by atoms with van der Waals surface area (Å²) >= 11 is 10.3. The first-order chi connectivity index (χ1) is 7.63. The van der Waals surface area contributed by atoms with Gasteiger partial charge in [0, 0.05) is 16.6 Å². The Hall–Kier alpha value is -0.380. The number of hydrogen-bond donors (Lipinski definition) is 2. The Labute approximate surface area is 108 Å². The molecular weight excluding hydrogens is 242 g/mol. The number of rotatable bonds is 5. The molecular formula is C12H18ClNOS. The van der Waals surface area contributed by atoms with E-state index in [0.29, 0.717) is 0 Å². The molecule has 0 fully saturated rings. The van der Waals surface area contributed by atoms with Crippen LogP contribution in [-0.2, 0) is 0 Å². The summed E-state index contributed by atoms with van der Waals surface area (Å²) in [7, 11) is 3.62. The number of halogens is 1. The van der Waals surface area contributed by atoms with E-state index in [4.69, 9.17) is 16.3 Å². The second kappa shape index (κ2) is 6.38. The number of ether oxygens (including phenoxy) is 1. The van der Waals surface area contributed by atoms with Crippen molar-refractivity contribution in [2.45, 2.75) is 19.4 Å². The fourth-order valence-corrected chi connectivity index (χ4v) is 2.42. The van der Waals surface area contributed by atoms with Crippen LogP contribution in [0.3, 0.4) is 0 Å². The van der Waals surface area contributed by atoms with Gasteiger partial charge in [-0.1, -0.05) is 11.6 Å². The van der Waals surface area contributed by atoms with Gasteiger partial charge in [0.2, 0.25) is 0 Å². The minimum Gasteiger partial charge on any atom is -0.496 e. The Morgan fingerprint density at radius 2 is 2.19 bits per heavy atom. The summed E-state index contributed by atoms with van der Waals surface area (Å²) in [5.41, 5.74) is 2.16. The molecule has 0 radical (unpaired) electrons. The molecule has 1 atom stereocenters. The second-order valence-corrected chi connectivity index (χ2v) is 4.58. The first-order valence-electron chi connectivity index (χ1n) is 5.26. The van der Waals surface area contributed by atoms with E-state index in [1.165, 1.54) is 0 Å². The molecule has 0 aromatic heterocycles. The van der Waals surface area contributed by atoms with Crippen molar-refractivity contribution in [1.29, 1.82) is 0 Å². The lowest BCUT2D eigenvalue weighted by molar-refractivity contribution is 0.397. The van der Waals surface area contributed by atoms with Gasteiger partial charge in [-0.05, 0) is 43.8 Å². The van der Waals surface area contributed by atoms with Gasteiger partial charge >= 0.3 is 0 Å². The van der Waals surface area contributed by atoms with Crippen molar-refractivity contribution in [3.05, 3.63) is 28.3 Å². The molecule has 1 rings (SSSR count). The van der Waals surface area contributed by atoms with Gasteiger partial charge in [0.15, 0.2) is 0 Å². The highest BCUT2D eigenvalue weighted by atomic mass is 35.5. The second-order valence-electron chi connectivity index (χ2n) is 3.70. The molecule has 0 spiro atoms. The fourth-order valence-electron chi connectivity index (χ4n) is 1.88. The minimum absolute atomic E-state index is 0.227. The molecule has 2 nitrogen and oxygen atoms in total. The molecule has 90 valence electrons. The van der Waals surface area contributed by atoms with Crippen LogP contribution in [0.1, 0.15) is 23.6 Å². The summed E-state index contributed by atoms with van der Waals surface area (Å²) in [4.78, 5) is 0. The topological polar surface area (TPSA) is 21.3 Å². The molecule has 0 amide bonds. The maximum atomic E-state index is 6.08. The average Bonchev–Trinajstić information content (AvgIpc) is 2.25. The van der Waals surface area contributed by atoms with Crippen LogP contribution in [0.4, 0.5) is 0 Å². The summed E-state index contributed by atoms with van der Waals surface area (Å²) < 4.78 is 5.44. The molecule has 0 saturated heterocycles. The number of methoxy groups -OCH3 is 1. The average molecular weight is 260 g/mol. The van der Waals surface area contributed by atoms with Crippen molar-refractivity contribution >= 4 is 24.2 Å². The zero-order chi connectivity index (χ0) is 12.1. The first kappa shape index (κ1) is 13.7. The summed E-state index contributed by atoms with van der Waals surface area (Å²) in [5, 5.41) is 4.00. The third-order valence-corrected chi connectivity index (χ3v) is 3.09. The molecule has 0 aliphatic carbocycles. The van der Waals surface area contributed by atoms with E-state index in [9.17, 15) is 0 Å². The van der Waals surface area contributed by atoms with Crippen molar-refractivity contribution in [2.24, 2.45) is 0 Å². The summed E-state index contributed by atoms with van der Waals surface area (Å²) in [5.74, 6) is 1.73. The first-order valence-corrected chi connectivity index (χ1v) is 6.27. The summed E-state index contributed by atoms with van der Waals surface area (Å²) in [6, 6.07) is 4.10. The van der Waals surface area contributed by atoms with Gasteiger partial charge in [-0.2, -0.15) is 12.6 Å². The standard InChI is InChI=1S/C12H18ClNOS/c1-8-6-9(13)7-10(12(8)15-3)11(14-2)4-5-16/h6-7,11,14,16H,4-5H2,1-3H3. The van der Waals surface area contributed by atoms with Gasteiger partial charge in [0.1, 0.15) is 5.75 Å². The van der Waals surface area contributed by atoms with Gasteiger partial charge in [-0.25, -0.2) is 0 Å². The number of nitrogens with one attached hydrogen (secondary N) is 1. The van der Waals surface area contributed by atoms with Crippen LogP contribution in [0.5, 0.6) is 5.75 Å². The number of aryl methyl sites for hydroxylation is 1. The molecule has 1 N–H and O–H groups in total. The Morgan fingerprint density at radius 1 is 1.50 bits per heavy atom. The van der Waals surface area contributed by atoms with E-state index in [2.05, 4.69) is 17.9 Å². The van der Waals surface area contributed by atoms with Gasteiger partial charge < -0.3 is 10.1 Å². The van der Waals surface area contributed by atoms with Crippen LogP contribution < -0.4 is 10.1 Å². The molecule has 0 bridgehead atoms. The van der Waals surface area contributed by atoms with Crippen LogP contribution in [0.25, 0.3) is 0 Å². The van der Waals surface area contributed by atoms with E-state index < -0.39 is 0 Å². The largest absolute Gasteiger partial charge is 0.496 e. The number of benzene rings is 1. The summed E-state index contributed by atoms with van der Waals surface area (Å²) in [6.45, 7) is 2.00. The lowest BCUT2D eigenvalue weighted by Gasteiger charge is -2.20. The van der Waals surface area contributed by atoms with Crippen LogP contribution in [0.2, 0.25) is 5.02 Å². The van der Waals surface area contributed by atoms with Crippen molar-refractivity contribution < 1.29 is 4.74 Å². The highest BCUT2D eigenvalue weighted by molar-refractivity contribution is 7.80. The normalized spacial score (nSPS) is 12.6. The van der Waals surface area contributed by atoms with Gasteiger partial charge in [0.05, 0.1) is 7.11 Å². The third kappa shape index (κ3) is 3.06. The molecule has 4 heteroatoms. The van der Waals surface area contributed by atoms with Crippen LogP contribution in [0, 0.1) is 6.92 Å². The smallest absolute Gasteiger partial charge is 0.126 e. The maximum Gasteiger partial charge on any atom is 0.126 e. The van der Waals surface area contributed by atoms with Crippen molar-refractivity contribution in [3.8, 4) is 5.75 Å². The molecule has 0 heterocycles. The van der Waals surface area contributed by atoms with E-state index in [1.807, 2.05) is 26.1 Å². The third-order valence-electron chi connectivity index (χ3n) is 2.61. The Kier molecular flexibility index (Phi) is 5.46. The van der Waals surface area contributed by atoms with E-state index in [1.54, 1.807) is 7.11 Å². The fraction of sp³-hybridized carbons (Fsp3) is 0.500. The zero-order valence-corrected chi connectivity index (χ0v) is 11.5. The predicted octanol–water partition coefficient (Wildman–Crippen LogP) is 3.24. The molecule has 1 unspecified atom stereocenters. The zero-order valence-electron chi connectivity index (χ0n) is 9.88. The van der Waals surface area contributed by atoms with Crippen LogP contribution in [-0.4, -0.2) is 19.9 Å². The Morgan fingerprint density at radius 3 is 2.69 bits per heavy atom. The molecule has 0 saturated carbocycles. The molecule has 0 aliphatic rings. The minimum atomic E-state index is 0.227. The van der Waals surface area contributed by atoms with Crippen LogP contribution >= 0.6 is 24.2 Å². The molecule has 1 aromatic carbocycles. The van der Waals surface area contributed by atoms with Crippen molar-refractivity contribution in [3.63, 3.8) is 0 Å². The summed E-state index contributed by atoms with van der Waals surface area (Å²) in [6.07, 6.45) is 0.940. The molecule has 16 heavy (non-hydrogen) atoms. The highest BCUT2D eigenvalue weighted by Gasteiger charge is 2.16. The lowest BCUT2D eigenvalue weighted by atomic mass is 10.0. The Balaban J connectivity index is 3.17. The van der Waals surface area contributed by atoms with Gasteiger partial charge in [-0.3, -0.25) is 0 Å². The quantitative estimate of drug-likeness (QED) is 0.793. The van der Waals surface area contributed by atoms with Crippen molar-refractivity contribution in [1.82, 2.24) is 5.32 Å². The Bertz CT molecular complexity index is 357. The monoisotopic (exact) mass is 259 g/mol. The maximum absolute atomic E-state index is 6.08. The van der Waals surface area contributed by atoms with Gasteiger partial charge in [0.25, 0.3) is 0 Å². The number of thiol groups is 1. The lowest BCUT2D eigenvalue weighted by Crippen LogP contribution is -2.18.